The molecule has 3 aromatic carbocycles. The predicted molar refractivity (Wildman–Crippen MR) is 146 cm³/mol. The van der Waals surface area contributed by atoms with Gasteiger partial charge in [0.25, 0.3) is 0 Å². The Hall–Kier alpha value is -1.79. The van der Waals surface area contributed by atoms with Gasteiger partial charge in [-0.15, -0.1) is 0 Å². The summed E-state index contributed by atoms with van der Waals surface area (Å²) in [6.07, 6.45) is 3.74. The molecule has 180 valence electrons. The quantitative estimate of drug-likeness (QED) is 0.288. The van der Waals surface area contributed by atoms with Crippen molar-refractivity contribution in [2.45, 2.75) is 32.4 Å². The zero-order valence-corrected chi connectivity index (χ0v) is 22.7. The molecular formula is C26H26BrCl3N2O2. The molecule has 4 nitrogen and oxygen atoms in total. The van der Waals surface area contributed by atoms with E-state index in [1.165, 1.54) is 19.3 Å². The Balaban J connectivity index is 1.42. The van der Waals surface area contributed by atoms with E-state index in [2.05, 4.69) is 38.3 Å². The lowest BCUT2D eigenvalue weighted by molar-refractivity contribution is 0.282. The molecule has 1 N–H and O–H groups in total. The highest BCUT2D eigenvalue weighted by Crippen LogP contribution is 2.38. The van der Waals surface area contributed by atoms with Crippen molar-refractivity contribution >= 4 is 62.1 Å². The first-order valence-electron chi connectivity index (χ1n) is 11.2. The van der Waals surface area contributed by atoms with Crippen LogP contribution in [0.3, 0.4) is 0 Å². The van der Waals surface area contributed by atoms with Gasteiger partial charge in [-0.3, -0.25) is 0 Å². The second-order valence-electron chi connectivity index (χ2n) is 8.20. The van der Waals surface area contributed by atoms with Crippen LogP contribution in [0, 0.1) is 0 Å². The SMILES string of the molecule is COc1cc(CNc2ccc(N3CCCCC3)c(Cl)c2)cc(Br)c1OCc1ccc(Cl)cc1Cl. The molecule has 0 unspecified atom stereocenters. The first-order chi connectivity index (χ1) is 16.4. The van der Waals surface area contributed by atoms with E-state index in [0.717, 1.165) is 45.1 Å². The van der Waals surface area contributed by atoms with Crippen molar-refractivity contribution in [2.75, 3.05) is 30.4 Å². The van der Waals surface area contributed by atoms with Gasteiger partial charge < -0.3 is 19.7 Å². The monoisotopic (exact) mass is 582 g/mol. The number of methoxy groups -OCH3 is 1. The Morgan fingerprint density at radius 2 is 1.74 bits per heavy atom. The summed E-state index contributed by atoms with van der Waals surface area (Å²) >= 11 is 22.5. The topological polar surface area (TPSA) is 33.7 Å². The molecule has 1 heterocycles. The average Bonchev–Trinajstić information content (AvgIpc) is 2.83. The smallest absolute Gasteiger partial charge is 0.175 e. The van der Waals surface area contributed by atoms with Crippen LogP contribution in [0.2, 0.25) is 15.1 Å². The fourth-order valence-electron chi connectivity index (χ4n) is 4.02. The van der Waals surface area contributed by atoms with Crippen LogP contribution in [-0.2, 0) is 13.2 Å². The van der Waals surface area contributed by atoms with Crippen LogP contribution in [0.1, 0.15) is 30.4 Å². The molecule has 1 fully saturated rings. The highest BCUT2D eigenvalue weighted by molar-refractivity contribution is 9.10. The lowest BCUT2D eigenvalue weighted by Crippen LogP contribution is -2.29. The molecule has 0 aromatic heterocycles. The third-order valence-corrected chi connectivity index (χ3v) is 7.30. The predicted octanol–water partition coefficient (Wildman–Crippen LogP) is 8.60. The lowest BCUT2D eigenvalue weighted by Gasteiger charge is -2.29. The summed E-state index contributed by atoms with van der Waals surface area (Å²) < 4.78 is 12.4. The van der Waals surface area contributed by atoms with Crippen LogP contribution in [0.25, 0.3) is 0 Å². The molecule has 1 aliphatic heterocycles. The molecular weight excluding hydrogens is 559 g/mol. The molecule has 8 heteroatoms. The maximum Gasteiger partial charge on any atom is 0.175 e. The van der Waals surface area contributed by atoms with Crippen LogP contribution in [0.5, 0.6) is 11.5 Å². The fourth-order valence-corrected chi connectivity index (χ4v) is 5.38. The van der Waals surface area contributed by atoms with Crippen LogP contribution in [0.4, 0.5) is 11.4 Å². The number of ether oxygens (including phenoxy) is 2. The molecule has 3 aromatic rings. The average molecular weight is 585 g/mol. The zero-order chi connectivity index (χ0) is 24.1. The Kier molecular flexibility index (Phi) is 8.75. The van der Waals surface area contributed by atoms with Gasteiger partial charge in [-0.25, -0.2) is 0 Å². The molecule has 1 aliphatic rings. The van der Waals surface area contributed by atoms with Gasteiger partial charge in [-0.1, -0.05) is 40.9 Å². The van der Waals surface area contributed by atoms with E-state index in [4.69, 9.17) is 44.3 Å². The number of nitrogens with zero attached hydrogens (tertiary/aromatic N) is 1. The van der Waals surface area contributed by atoms with Crippen LogP contribution in [-0.4, -0.2) is 20.2 Å². The molecule has 34 heavy (non-hydrogen) atoms. The van der Waals surface area contributed by atoms with Crippen molar-refractivity contribution in [1.82, 2.24) is 0 Å². The number of benzene rings is 3. The molecule has 0 amide bonds. The number of hydrogen-bond acceptors (Lipinski definition) is 4. The molecule has 0 aliphatic carbocycles. The van der Waals surface area contributed by atoms with E-state index in [1.807, 2.05) is 24.3 Å². The Labute approximate surface area is 224 Å². The largest absolute Gasteiger partial charge is 0.493 e. The van der Waals surface area contributed by atoms with Crippen molar-refractivity contribution < 1.29 is 9.47 Å². The summed E-state index contributed by atoms with van der Waals surface area (Å²) in [5.74, 6) is 1.25. The Bertz CT molecular complexity index is 1150. The minimum absolute atomic E-state index is 0.296. The van der Waals surface area contributed by atoms with Gasteiger partial charge in [0.2, 0.25) is 0 Å². The van der Waals surface area contributed by atoms with Crippen LogP contribution >= 0.6 is 50.7 Å². The van der Waals surface area contributed by atoms with Gasteiger partial charge in [0.1, 0.15) is 6.61 Å². The minimum Gasteiger partial charge on any atom is -0.493 e. The number of piperidine rings is 1. The second-order valence-corrected chi connectivity index (χ2v) is 10.3. The molecule has 4 rings (SSSR count). The van der Waals surface area contributed by atoms with E-state index >= 15 is 0 Å². The third-order valence-electron chi connectivity index (χ3n) is 5.82. The van der Waals surface area contributed by atoms with Crippen molar-refractivity contribution in [1.29, 1.82) is 0 Å². The normalized spacial score (nSPS) is 13.6. The number of rotatable bonds is 8. The first kappa shape index (κ1) is 25.3. The number of nitrogens with one attached hydrogen (secondary N) is 1. The fraction of sp³-hybridized carbons (Fsp3) is 0.308. The maximum absolute atomic E-state index is 6.60. The Morgan fingerprint density at radius 1 is 0.941 bits per heavy atom. The van der Waals surface area contributed by atoms with Gasteiger partial charge >= 0.3 is 0 Å². The van der Waals surface area contributed by atoms with Gasteiger partial charge in [0.15, 0.2) is 11.5 Å². The molecule has 0 radical (unpaired) electrons. The highest BCUT2D eigenvalue weighted by Gasteiger charge is 2.15. The summed E-state index contributed by atoms with van der Waals surface area (Å²) in [5.41, 5.74) is 3.96. The summed E-state index contributed by atoms with van der Waals surface area (Å²) in [7, 11) is 1.63. The van der Waals surface area contributed by atoms with Gasteiger partial charge in [0, 0.05) is 40.9 Å². The standard InChI is InChI=1S/C26H26BrCl3N2O2/c1-33-25-12-17(11-21(27)26(25)34-16-18-5-6-19(28)13-22(18)29)15-31-20-7-8-24(23(30)14-20)32-9-3-2-4-10-32/h5-8,11-14,31H,2-4,9-10,15-16H2,1H3. The van der Waals surface area contributed by atoms with Crippen LogP contribution in [0.15, 0.2) is 53.0 Å². The van der Waals surface area contributed by atoms with E-state index in [1.54, 1.807) is 19.2 Å². The van der Waals surface area contributed by atoms with Gasteiger partial charge in [-0.05, 0) is 83.2 Å². The van der Waals surface area contributed by atoms with Crippen molar-refractivity contribution in [2.24, 2.45) is 0 Å². The second kappa shape index (κ2) is 11.8. The summed E-state index contributed by atoms with van der Waals surface area (Å²) in [4.78, 5) is 2.37. The highest BCUT2D eigenvalue weighted by atomic mass is 79.9. The van der Waals surface area contributed by atoms with Crippen molar-refractivity contribution in [3.63, 3.8) is 0 Å². The zero-order valence-electron chi connectivity index (χ0n) is 18.8. The molecule has 0 saturated carbocycles. The van der Waals surface area contributed by atoms with E-state index < -0.39 is 0 Å². The van der Waals surface area contributed by atoms with E-state index in [9.17, 15) is 0 Å². The number of hydrogen-bond donors (Lipinski definition) is 1. The third kappa shape index (κ3) is 6.25. The first-order valence-corrected chi connectivity index (χ1v) is 13.1. The summed E-state index contributed by atoms with van der Waals surface area (Å²) in [6.45, 7) is 3.04. The molecule has 1 saturated heterocycles. The summed E-state index contributed by atoms with van der Waals surface area (Å²) in [5, 5.41) is 5.38. The van der Waals surface area contributed by atoms with E-state index in [-0.39, 0.29) is 0 Å². The maximum atomic E-state index is 6.60. The molecule has 0 bridgehead atoms. The number of anilines is 2. The van der Waals surface area contributed by atoms with Crippen molar-refractivity contribution in [3.05, 3.63) is 79.2 Å². The molecule has 0 spiro atoms. The molecule has 0 atom stereocenters. The van der Waals surface area contributed by atoms with Gasteiger partial charge in [0.05, 0.1) is 22.3 Å². The van der Waals surface area contributed by atoms with Crippen molar-refractivity contribution in [3.8, 4) is 11.5 Å². The van der Waals surface area contributed by atoms with Crippen LogP contribution < -0.4 is 19.7 Å². The lowest BCUT2D eigenvalue weighted by atomic mass is 10.1. The van der Waals surface area contributed by atoms with Gasteiger partial charge in [-0.2, -0.15) is 0 Å². The summed E-state index contributed by atoms with van der Waals surface area (Å²) in [6, 6.07) is 15.5. The number of halogens is 4. The Morgan fingerprint density at radius 3 is 2.44 bits per heavy atom. The van der Waals surface area contributed by atoms with E-state index in [0.29, 0.717) is 34.7 Å². The minimum atomic E-state index is 0.296.